The lowest BCUT2D eigenvalue weighted by Gasteiger charge is -2.43. The first-order chi connectivity index (χ1) is 11.5. The molecule has 0 saturated carbocycles. The molecule has 3 heteroatoms. The maximum Gasteiger partial charge on any atom is 0.311 e. The van der Waals surface area contributed by atoms with E-state index in [1.54, 1.807) is 0 Å². The number of piperidine rings is 1. The summed E-state index contributed by atoms with van der Waals surface area (Å²) < 4.78 is 5.86. The van der Waals surface area contributed by atoms with Crippen LogP contribution in [0.2, 0.25) is 0 Å². The number of rotatable bonds is 2. The van der Waals surface area contributed by atoms with Gasteiger partial charge in [0.05, 0.1) is 5.92 Å². The molecule has 24 heavy (non-hydrogen) atoms. The predicted molar refractivity (Wildman–Crippen MR) is 95.5 cm³/mol. The van der Waals surface area contributed by atoms with E-state index in [1.807, 2.05) is 0 Å². The molecule has 4 unspecified atom stereocenters. The lowest BCUT2D eigenvalue weighted by Crippen LogP contribution is -2.41. The van der Waals surface area contributed by atoms with Crippen molar-refractivity contribution >= 4 is 5.97 Å². The number of hydrogen-bond donors (Lipinski definition) is 0. The fraction of sp³-hybridized carbons (Fsp3) is 0.762. The van der Waals surface area contributed by atoms with Crippen LogP contribution < -0.4 is 0 Å². The fourth-order valence-corrected chi connectivity index (χ4v) is 5.36. The number of ether oxygens (including phenoxy) is 1. The second-order valence-corrected chi connectivity index (χ2v) is 8.91. The number of carbonyl (C=O) groups excluding carboxylic acids is 1. The predicted octanol–water partition coefficient (Wildman–Crippen LogP) is 3.95. The summed E-state index contributed by atoms with van der Waals surface area (Å²) in [5, 5.41) is 0. The third-order valence-electron chi connectivity index (χ3n) is 7.03. The van der Waals surface area contributed by atoms with Gasteiger partial charge in [-0.3, -0.25) is 4.79 Å². The van der Waals surface area contributed by atoms with E-state index >= 15 is 0 Å². The first-order valence-electron chi connectivity index (χ1n) is 9.78. The minimum Gasteiger partial charge on any atom is -0.461 e. The maximum atomic E-state index is 12.6. The maximum absolute atomic E-state index is 12.6. The number of nitrogens with zero attached hydrogens (tertiary/aromatic N) is 1. The summed E-state index contributed by atoms with van der Waals surface area (Å²) in [7, 11) is 0. The van der Waals surface area contributed by atoms with Gasteiger partial charge in [-0.25, -0.2) is 0 Å². The zero-order chi connectivity index (χ0) is 16.9. The van der Waals surface area contributed by atoms with Crippen LogP contribution in [0.15, 0.2) is 23.3 Å². The number of carbonyl (C=O) groups is 1. The van der Waals surface area contributed by atoms with Gasteiger partial charge in [0, 0.05) is 12.5 Å². The monoisotopic (exact) mass is 329 g/mol. The van der Waals surface area contributed by atoms with Crippen molar-refractivity contribution in [1.82, 2.24) is 4.90 Å². The molecule has 0 spiro atoms. The minimum atomic E-state index is 0.0372. The number of hydrogen-bond acceptors (Lipinski definition) is 3. The van der Waals surface area contributed by atoms with Crippen LogP contribution in [-0.4, -0.2) is 36.6 Å². The Morgan fingerprint density at radius 1 is 1.33 bits per heavy atom. The average molecular weight is 329 g/mol. The van der Waals surface area contributed by atoms with E-state index in [0.29, 0.717) is 0 Å². The summed E-state index contributed by atoms with van der Waals surface area (Å²) in [4.78, 5) is 15.1. The van der Waals surface area contributed by atoms with E-state index < -0.39 is 0 Å². The van der Waals surface area contributed by atoms with Crippen LogP contribution in [0.25, 0.3) is 0 Å². The molecule has 2 aliphatic heterocycles. The van der Waals surface area contributed by atoms with Crippen LogP contribution in [0, 0.1) is 23.2 Å². The Kier molecular flexibility index (Phi) is 4.11. The van der Waals surface area contributed by atoms with E-state index in [4.69, 9.17) is 4.74 Å². The Morgan fingerprint density at radius 3 is 2.83 bits per heavy atom. The van der Waals surface area contributed by atoms with E-state index in [-0.39, 0.29) is 29.3 Å². The van der Waals surface area contributed by atoms with E-state index in [1.165, 1.54) is 30.4 Å². The SMILES string of the molecule is CC1=CCCC2(C)CC3OC(=O)C(CN4CCC(C)CC4)C3C=C12. The van der Waals surface area contributed by atoms with Crippen LogP contribution in [0.1, 0.15) is 52.9 Å². The molecule has 4 rings (SSSR count). The van der Waals surface area contributed by atoms with Crippen LogP contribution in [0.3, 0.4) is 0 Å². The normalized spacial score (nSPS) is 40.5. The molecular formula is C21H31NO2. The van der Waals surface area contributed by atoms with Gasteiger partial charge in [-0.1, -0.05) is 31.6 Å². The summed E-state index contributed by atoms with van der Waals surface area (Å²) in [5.74, 6) is 1.19. The van der Waals surface area contributed by atoms with E-state index in [0.717, 1.165) is 38.4 Å². The van der Waals surface area contributed by atoms with Gasteiger partial charge in [-0.2, -0.15) is 0 Å². The molecule has 0 aromatic carbocycles. The summed E-state index contributed by atoms with van der Waals surface area (Å²) >= 11 is 0. The van der Waals surface area contributed by atoms with Gasteiger partial charge in [0.1, 0.15) is 6.10 Å². The number of esters is 1. The van der Waals surface area contributed by atoms with Crippen LogP contribution in [0.4, 0.5) is 0 Å². The smallest absolute Gasteiger partial charge is 0.311 e. The third-order valence-corrected chi connectivity index (χ3v) is 7.03. The summed E-state index contributed by atoms with van der Waals surface area (Å²) in [6.07, 6.45) is 10.8. The fourth-order valence-electron chi connectivity index (χ4n) is 5.36. The van der Waals surface area contributed by atoms with Crippen molar-refractivity contribution < 1.29 is 9.53 Å². The van der Waals surface area contributed by atoms with Gasteiger partial charge < -0.3 is 9.64 Å². The molecule has 2 fully saturated rings. The van der Waals surface area contributed by atoms with Crippen LogP contribution in [-0.2, 0) is 9.53 Å². The van der Waals surface area contributed by atoms with Gasteiger partial charge in [0.15, 0.2) is 0 Å². The number of fused-ring (bicyclic) bond motifs is 2. The molecule has 0 aromatic heterocycles. The lowest BCUT2D eigenvalue weighted by atomic mass is 9.62. The Morgan fingerprint density at radius 2 is 2.08 bits per heavy atom. The van der Waals surface area contributed by atoms with Gasteiger partial charge in [-0.15, -0.1) is 0 Å². The van der Waals surface area contributed by atoms with E-state index in [9.17, 15) is 4.79 Å². The van der Waals surface area contributed by atoms with Crippen molar-refractivity contribution in [3.63, 3.8) is 0 Å². The molecule has 0 N–H and O–H groups in total. The molecule has 3 nitrogen and oxygen atoms in total. The highest BCUT2D eigenvalue weighted by Gasteiger charge is 2.51. The largest absolute Gasteiger partial charge is 0.461 e. The Balaban J connectivity index is 1.55. The third kappa shape index (κ3) is 2.75. The molecule has 0 bridgehead atoms. The van der Waals surface area contributed by atoms with E-state index in [2.05, 4.69) is 37.8 Å². The molecule has 0 amide bonds. The lowest BCUT2D eigenvalue weighted by molar-refractivity contribution is -0.145. The quantitative estimate of drug-likeness (QED) is 0.718. The Bertz CT molecular complexity index is 585. The molecule has 2 heterocycles. The molecule has 0 aromatic rings. The minimum absolute atomic E-state index is 0.0372. The van der Waals surface area contributed by atoms with Crippen molar-refractivity contribution in [2.75, 3.05) is 19.6 Å². The van der Waals surface area contributed by atoms with Crippen molar-refractivity contribution in [2.45, 2.75) is 59.0 Å². The standard InChI is InChI=1S/C21H31NO2/c1-14-6-9-22(10-7-14)13-17-16-11-18-15(2)5-4-8-21(18,3)12-19(16)24-20(17)23/h5,11,14,16-17,19H,4,6-10,12-13H2,1-3H3. The summed E-state index contributed by atoms with van der Waals surface area (Å²) in [5.41, 5.74) is 3.12. The molecule has 2 saturated heterocycles. The Labute approximate surface area is 146 Å². The van der Waals surface area contributed by atoms with Gasteiger partial charge in [0.2, 0.25) is 0 Å². The van der Waals surface area contributed by atoms with Gasteiger partial charge in [-0.05, 0) is 69.0 Å². The topological polar surface area (TPSA) is 29.5 Å². The summed E-state index contributed by atoms with van der Waals surface area (Å²) in [6, 6.07) is 0. The molecular weight excluding hydrogens is 298 g/mol. The molecule has 4 aliphatic rings. The molecule has 132 valence electrons. The highest BCUT2D eigenvalue weighted by Crippen LogP contribution is 2.52. The average Bonchev–Trinajstić information content (AvgIpc) is 2.82. The number of allylic oxidation sites excluding steroid dienone is 3. The van der Waals surface area contributed by atoms with Crippen LogP contribution >= 0.6 is 0 Å². The number of likely N-dealkylation sites (tertiary alicyclic amines) is 1. The Hall–Kier alpha value is -1.09. The second-order valence-electron chi connectivity index (χ2n) is 8.91. The van der Waals surface area contributed by atoms with Crippen LogP contribution in [0.5, 0.6) is 0 Å². The van der Waals surface area contributed by atoms with Crippen molar-refractivity contribution in [3.05, 3.63) is 23.3 Å². The first-order valence-corrected chi connectivity index (χ1v) is 9.78. The highest BCUT2D eigenvalue weighted by molar-refractivity contribution is 5.76. The van der Waals surface area contributed by atoms with Gasteiger partial charge in [0.25, 0.3) is 0 Å². The molecule has 2 aliphatic carbocycles. The molecule has 4 atom stereocenters. The molecule has 0 radical (unpaired) electrons. The highest BCUT2D eigenvalue weighted by atomic mass is 16.6. The van der Waals surface area contributed by atoms with Crippen molar-refractivity contribution in [2.24, 2.45) is 23.2 Å². The first kappa shape index (κ1) is 16.4. The van der Waals surface area contributed by atoms with Crippen molar-refractivity contribution in [1.29, 1.82) is 0 Å². The van der Waals surface area contributed by atoms with Crippen molar-refractivity contribution in [3.8, 4) is 0 Å². The summed E-state index contributed by atoms with van der Waals surface area (Å²) in [6.45, 7) is 10.1. The zero-order valence-corrected chi connectivity index (χ0v) is 15.4. The second kappa shape index (κ2) is 6.01. The zero-order valence-electron chi connectivity index (χ0n) is 15.4. The van der Waals surface area contributed by atoms with Gasteiger partial charge >= 0.3 is 5.97 Å².